The average Bonchev–Trinajstić information content (AvgIpc) is 2.87. The summed E-state index contributed by atoms with van der Waals surface area (Å²) in [5.41, 5.74) is 0. The van der Waals surface area contributed by atoms with Crippen LogP contribution in [-0.4, -0.2) is 29.3 Å². The number of hydrogen-bond donors (Lipinski definition) is 2. The van der Waals surface area contributed by atoms with E-state index >= 15 is 0 Å². The molecule has 0 aliphatic carbocycles. The topological polar surface area (TPSA) is 66.4 Å². The number of hydrogen-bond acceptors (Lipinski definition) is 4. The monoisotopic (exact) mass is 301 g/mol. The molecule has 1 aromatic rings. The number of aliphatic carboxylic acids is 1. The van der Waals surface area contributed by atoms with Crippen molar-refractivity contribution in [3.63, 3.8) is 0 Å². The lowest BCUT2D eigenvalue weighted by atomic mass is 10.0. The Morgan fingerprint density at radius 3 is 2.89 bits per heavy atom. The van der Waals surface area contributed by atoms with Crippen molar-refractivity contribution < 1.29 is 14.7 Å². The summed E-state index contributed by atoms with van der Waals surface area (Å²) in [5.74, 6) is 0.0257. The lowest BCUT2D eigenvalue weighted by Gasteiger charge is -2.10. The van der Waals surface area contributed by atoms with Gasteiger partial charge >= 0.3 is 5.97 Å². The van der Waals surface area contributed by atoms with Crippen molar-refractivity contribution in [3.05, 3.63) is 17.5 Å². The summed E-state index contributed by atoms with van der Waals surface area (Å²) >= 11 is 3.17. The Morgan fingerprint density at radius 2 is 2.26 bits per heavy atom. The first-order valence-electron chi connectivity index (χ1n) is 6.22. The van der Waals surface area contributed by atoms with Gasteiger partial charge < -0.3 is 10.4 Å². The molecule has 0 bridgehead atoms. The van der Waals surface area contributed by atoms with Gasteiger partial charge in [0.1, 0.15) is 0 Å². The van der Waals surface area contributed by atoms with Crippen LogP contribution in [0, 0.1) is 5.92 Å². The molecule has 4 nitrogen and oxygen atoms in total. The third-order valence-corrected chi connectivity index (χ3v) is 4.78. The zero-order chi connectivity index (χ0) is 14.1. The SMILES string of the molecule is CC(CCNC(=O)CSc1cccs1)CCC(=O)O. The van der Waals surface area contributed by atoms with Gasteiger partial charge in [0.2, 0.25) is 5.91 Å². The van der Waals surface area contributed by atoms with Gasteiger partial charge in [0.05, 0.1) is 9.96 Å². The third kappa shape index (κ3) is 7.89. The van der Waals surface area contributed by atoms with Crippen LogP contribution >= 0.6 is 23.1 Å². The molecular formula is C13H19NO3S2. The number of thiophene rings is 1. The first-order chi connectivity index (χ1) is 9.08. The molecule has 1 rings (SSSR count). The van der Waals surface area contributed by atoms with E-state index in [1.54, 1.807) is 11.3 Å². The van der Waals surface area contributed by atoms with Crippen molar-refractivity contribution in [1.29, 1.82) is 0 Å². The van der Waals surface area contributed by atoms with Crippen molar-refractivity contribution in [2.24, 2.45) is 5.92 Å². The Kier molecular flexibility index (Phi) is 7.59. The first kappa shape index (κ1) is 16.0. The van der Waals surface area contributed by atoms with Gasteiger partial charge in [-0.05, 0) is 30.2 Å². The lowest BCUT2D eigenvalue weighted by molar-refractivity contribution is -0.137. The smallest absolute Gasteiger partial charge is 0.303 e. The molecule has 106 valence electrons. The van der Waals surface area contributed by atoms with Gasteiger partial charge in [-0.1, -0.05) is 13.0 Å². The number of thioether (sulfide) groups is 1. The van der Waals surface area contributed by atoms with Gasteiger partial charge in [0.25, 0.3) is 0 Å². The van der Waals surface area contributed by atoms with E-state index in [4.69, 9.17) is 5.11 Å². The molecule has 19 heavy (non-hydrogen) atoms. The van der Waals surface area contributed by atoms with Gasteiger partial charge in [-0.2, -0.15) is 0 Å². The fourth-order valence-electron chi connectivity index (χ4n) is 1.51. The molecule has 0 aromatic carbocycles. The van der Waals surface area contributed by atoms with Crippen LogP contribution in [0.4, 0.5) is 0 Å². The van der Waals surface area contributed by atoms with Gasteiger partial charge in [0.15, 0.2) is 0 Å². The van der Waals surface area contributed by atoms with Crippen LogP contribution in [0.3, 0.4) is 0 Å². The molecule has 2 N–H and O–H groups in total. The molecule has 1 aromatic heterocycles. The highest BCUT2D eigenvalue weighted by atomic mass is 32.2. The number of carboxylic acids is 1. The van der Waals surface area contributed by atoms with Crippen molar-refractivity contribution in [1.82, 2.24) is 5.32 Å². The number of carbonyl (C=O) groups is 2. The van der Waals surface area contributed by atoms with Crippen molar-refractivity contribution in [2.75, 3.05) is 12.3 Å². The van der Waals surface area contributed by atoms with Gasteiger partial charge in [-0.25, -0.2) is 0 Å². The fourth-order valence-corrected chi connectivity index (χ4v) is 3.12. The highest BCUT2D eigenvalue weighted by Crippen LogP contribution is 2.22. The van der Waals surface area contributed by atoms with E-state index in [0.29, 0.717) is 24.6 Å². The molecule has 1 unspecified atom stereocenters. The van der Waals surface area contributed by atoms with Gasteiger partial charge in [-0.15, -0.1) is 23.1 Å². The van der Waals surface area contributed by atoms with E-state index in [0.717, 1.165) is 10.6 Å². The predicted molar refractivity (Wildman–Crippen MR) is 78.7 cm³/mol. The molecule has 0 fully saturated rings. The normalized spacial score (nSPS) is 12.1. The summed E-state index contributed by atoms with van der Waals surface area (Å²) in [6.45, 7) is 2.63. The molecule has 0 radical (unpaired) electrons. The predicted octanol–water partition coefficient (Wildman–Crippen LogP) is 2.85. The van der Waals surface area contributed by atoms with Crippen LogP contribution in [0.5, 0.6) is 0 Å². The summed E-state index contributed by atoms with van der Waals surface area (Å²) in [7, 11) is 0. The van der Waals surface area contributed by atoms with Gasteiger partial charge in [0, 0.05) is 13.0 Å². The minimum atomic E-state index is -0.761. The maximum atomic E-state index is 11.6. The highest BCUT2D eigenvalue weighted by molar-refractivity contribution is 8.01. The molecule has 0 aliphatic heterocycles. The summed E-state index contributed by atoms with van der Waals surface area (Å²) in [4.78, 5) is 22.0. The second-order valence-electron chi connectivity index (χ2n) is 4.40. The van der Waals surface area contributed by atoms with Crippen LogP contribution in [0.2, 0.25) is 0 Å². The van der Waals surface area contributed by atoms with Crippen molar-refractivity contribution in [2.45, 2.75) is 30.4 Å². The number of nitrogens with one attached hydrogen (secondary N) is 1. The summed E-state index contributed by atoms with van der Waals surface area (Å²) in [6, 6.07) is 3.96. The Balaban J connectivity index is 2.05. The second kappa shape index (κ2) is 8.98. The third-order valence-electron chi connectivity index (χ3n) is 2.65. The summed E-state index contributed by atoms with van der Waals surface area (Å²) < 4.78 is 1.14. The van der Waals surface area contributed by atoms with Crippen LogP contribution in [0.1, 0.15) is 26.2 Å². The zero-order valence-electron chi connectivity index (χ0n) is 10.9. The lowest BCUT2D eigenvalue weighted by Crippen LogP contribution is -2.27. The van der Waals surface area contributed by atoms with Crippen LogP contribution < -0.4 is 5.32 Å². The Hall–Kier alpha value is -1.01. The van der Waals surface area contributed by atoms with E-state index in [-0.39, 0.29) is 12.3 Å². The second-order valence-corrected chi connectivity index (χ2v) is 6.62. The molecule has 1 amide bonds. The molecule has 0 saturated carbocycles. The zero-order valence-corrected chi connectivity index (χ0v) is 12.6. The van der Waals surface area contributed by atoms with E-state index < -0.39 is 5.97 Å². The van der Waals surface area contributed by atoms with Crippen molar-refractivity contribution in [3.8, 4) is 0 Å². The Labute approximate surface area is 121 Å². The number of carbonyl (C=O) groups excluding carboxylic acids is 1. The molecular weight excluding hydrogens is 282 g/mol. The fraction of sp³-hybridized carbons (Fsp3) is 0.538. The van der Waals surface area contributed by atoms with Crippen LogP contribution in [0.25, 0.3) is 0 Å². The molecule has 6 heteroatoms. The summed E-state index contributed by atoms with van der Waals surface area (Å²) in [5, 5.41) is 13.4. The van der Waals surface area contributed by atoms with Crippen LogP contribution in [-0.2, 0) is 9.59 Å². The van der Waals surface area contributed by atoms with Crippen molar-refractivity contribution >= 4 is 35.0 Å². The van der Waals surface area contributed by atoms with E-state index in [1.165, 1.54) is 11.8 Å². The average molecular weight is 301 g/mol. The summed E-state index contributed by atoms with van der Waals surface area (Å²) in [6.07, 6.45) is 1.68. The number of rotatable bonds is 9. The van der Waals surface area contributed by atoms with E-state index in [2.05, 4.69) is 5.32 Å². The van der Waals surface area contributed by atoms with Gasteiger partial charge in [-0.3, -0.25) is 9.59 Å². The maximum absolute atomic E-state index is 11.6. The largest absolute Gasteiger partial charge is 0.481 e. The number of amides is 1. The Bertz CT molecular complexity index is 393. The first-order valence-corrected chi connectivity index (χ1v) is 8.09. The maximum Gasteiger partial charge on any atom is 0.303 e. The highest BCUT2D eigenvalue weighted by Gasteiger charge is 2.07. The minimum absolute atomic E-state index is 0.0313. The Morgan fingerprint density at radius 1 is 1.47 bits per heavy atom. The minimum Gasteiger partial charge on any atom is -0.481 e. The van der Waals surface area contributed by atoms with E-state index in [9.17, 15) is 9.59 Å². The van der Waals surface area contributed by atoms with Crippen LogP contribution in [0.15, 0.2) is 21.7 Å². The number of carboxylic acid groups (broad SMARTS) is 1. The molecule has 1 atom stereocenters. The van der Waals surface area contributed by atoms with E-state index in [1.807, 2.05) is 24.4 Å². The standard InChI is InChI=1S/C13H19NO3S2/c1-10(4-5-12(16)17)6-7-14-11(15)9-19-13-3-2-8-18-13/h2-3,8,10H,4-7,9H2,1H3,(H,14,15)(H,16,17). The molecule has 0 saturated heterocycles. The quantitative estimate of drug-likeness (QED) is 0.688. The molecule has 1 heterocycles. The molecule has 0 aliphatic rings. The molecule has 0 spiro atoms.